The third-order valence-corrected chi connectivity index (χ3v) is 4.34. The maximum atomic E-state index is 11.3. The number of benzene rings is 2. The minimum absolute atomic E-state index is 0.283. The summed E-state index contributed by atoms with van der Waals surface area (Å²) in [5, 5.41) is 1.65. The molecule has 1 N–H and O–H groups in total. The summed E-state index contributed by atoms with van der Waals surface area (Å²) in [4.78, 5) is 0. The van der Waals surface area contributed by atoms with E-state index in [9.17, 15) is 13.0 Å². The van der Waals surface area contributed by atoms with Crippen LogP contribution in [0.15, 0.2) is 30.3 Å². The fraction of sp³-hybridized carbons (Fsp3) is 0.444. The fourth-order valence-corrected chi connectivity index (χ4v) is 3.23. The zero-order valence-electron chi connectivity index (χ0n) is 13.7. The molecule has 126 valence electrons. The van der Waals surface area contributed by atoms with Gasteiger partial charge in [-0.05, 0) is 42.2 Å². The van der Waals surface area contributed by atoms with Crippen molar-refractivity contribution in [2.75, 3.05) is 0 Å². The maximum absolute atomic E-state index is 11.3. The summed E-state index contributed by atoms with van der Waals surface area (Å²) in [5.41, 5.74) is 2.01. The van der Waals surface area contributed by atoms with Crippen LogP contribution in [0.5, 0.6) is 5.75 Å². The van der Waals surface area contributed by atoms with E-state index in [2.05, 4.69) is 19.9 Å². The van der Waals surface area contributed by atoms with Crippen molar-refractivity contribution in [1.82, 2.24) is 0 Å². The Balaban J connectivity index is 2.66. The van der Waals surface area contributed by atoms with E-state index in [4.69, 9.17) is 4.18 Å². The number of aryl methyl sites for hydroxylation is 1. The molecule has 4 nitrogen and oxygen atoms in total. The van der Waals surface area contributed by atoms with E-state index < -0.39 is 10.4 Å². The monoisotopic (exact) mass is 336 g/mol. The highest BCUT2D eigenvalue weighted by Gasteiger charge is 2.18. The third kappa shape index (κ3) is 4.69. The lowest BCUT2D eigenvalue weighted by atomic mass is 9.93. The molecule has 0 aliphatic rings. The van der Waals surface area contributed by atoms with Crippen LogP contribution in [0.4, 0.5) is 0 Å². The molecule has 0 spiro atoms. The van der Waals surface area contributed by atoms with Crippen molar-refractivity contribution in [3.63, 3.8) is 0 Å². The van der Waals surface area contributed by atoms with Gasteiger partial charge in [0.1, 0.15) is 0 Å². The average Bonchev–Trinajstić information content (AvgIpc) is 2.50. The molecule has 2 aromatic rings. The van der Waals surface area contributed by atoms with Crippen molar-refractivity contribution in [3.05, 3.63) is 41.5 Å². The molecule has 0 radical (unpaired) electrons. The van der Waals surface area contributed by atoms with Crippen LogP contribution in [-0.4, -0.2) is 13.0 Å². The highest BCUT2D eigenvalue weighted by atomic mass is 32.3. The Labute approximate surface area is 138 Å². The topological polar surface area (TPSA) is 63.6 Å². The van der Waals surface area contributed by atoms with Crippen LogP contribution < -0.4 is 4.18 Å². The van der Waals surface area contributed by atoms with Crippen LogP contribution in [0.2, 0.25) is 0 Å². The van der Waals surface area contributed by atoms with E-state index in [0.717, 1.165) is 60.4 Å². The van der Waals surface area contributed by atoms with Gasteiger partial charge >= 0.3 is 10.4 Å². The van der Waals surface area contributed by atoms with Crippen LogP contribution in [-0.2, 0) is 23.2 Å². The minimum atomic E-state index is -4.55. The van der Waals surface area contributed by atoms with Crippen molar-refractivity contribution < 1.29 is 17.2 Å². The Morgan fingerprint density at radius 3 is 2.35 bits per heavy atom. The van der Waals surface area contributed by atoms with Gasteiger partial charge in [-0.1, -0.05) is 57.0 Å². The van der Waals surface area contributed by atoms with Gasteiger partial charge in [0.15, 0.2) is 5.75 Å². The molecule has 0 amide bonds. The molecule has 0 aromatic heterocycles. The Hall–Kier alpha value is -1.59. The summed E-state index contributed by atoms with van der Waals surface area (Å²) in [5.74, 6) is 0.283. The summed E-state index contributed by atoms with van der Waals surface area (Å²) in [6.45, 7) is 4.22. The van der Waals surface area contributed by atoms with E-state index >= 15 is 0 Å². The predicted molar refractivity (Wildman–Crippen MR) is 93.3 cm³/mol. The van der Waals surface area contributed by atoms with Gasteiger partial charge in [-0.2, -0.15) is 8.42 Å². The van der Waals surface area contributed by atoms with Crippen molar-refractivity contribution in [1.29, 1.82) is 0 Å². The second kappa shape index (κ2) is 7.79. The normalized spacial score (nSPS) is 11.8. The fourth-order valence-electron chi connectivity index (χ4n) is 2.83. The molecule has 0 heterocycles. The largest absolute Gasteiger partial charge is 0.446 e. The van der Waals surface area contributed by atoms with Gasteiger partial charge in [-0.15, -0.1) is 0 Å². The van der Waals surface area contributed by atoms with Gasteiger partial charge in [-0.25, -0.2) is 0 Å². The number of hydrogen-bond donors (Lipinski definition) is 1. The number of rotatable bonds is 8. The lowest BCUT2D eigenvalue weighted by Gasteiger charge is -2.17. The standard InChI is InChI=1S/C18H24O4S/c1-3-5-9-14-13-15-10-7-8-12-17(15)18(22-23(19,20)21)16(14)11-6-4-2/h7-8,10,12-13H,3-6,9,11H2,1-2H3,(H,19,20,21). The molecule has 0 unspecified atom stereocenters. The lowest BCUT2D eigenvalue weighted by Crippen LogP contribution is -2.10. The van der Waals surface area contributed by atoms with Crippen molar-refractivity contribution in [2.45, 2.75) is 52.4 Å². The van der Waals surface area contributed by atoms with Crippen molar-refractivity contribution in [2.24, 2.45) is 0 Å². The second-order valence-corrected chi connectivity index (χ2v) is 6.80. The quantitative estimate of drug-likeness (QED) is 0.709. The molecule has 23 heavy (non-hydrogen) atoms. The summed E-state index contributed by atoms with van der Waals surface area (Å²) in [6.07, 6.45) is 5.66. The molecule has 0 fully saturated rings. The molecular weight excluding hydrogens is 312 g/mol. The molecule has 0 aliphatic heterocycles. The molecule has 0 bridgehead atoms. The number of unbranched alkanes of at least 4 members (excludes halogenated alkanes) is 2. The zero-order valence-corrected chi connectivity index (χ0v) is 14.5. The first-order valence-electron chi connectivity index (χ1n) is 8.16. The Morgan fingerprint density at radius 1 is 1.04 bits per heavy atom. The lowest BCUT2D eigenvalue weighted by molar-refractivity contribution is 0.386. The molecule has 0 saturated carbocycles. The summed E-state index contributed by atoms with van der Waals surface area (Å²) >= 11 is 0. The van der Waals surface area contributed by atoms with Crippen molar-refractivity contribution in [3.8, 4) is 5.75 Å². The summed E-state index contributed by atoms with van der Waals surface area (Å²) in [6, 6.07) is 9.64. The van der Waals surface area contributed by atoms with Gasteiger partial charge in [-0.3, -0.25) is 4.55 Å². The van der Waals surface area contributed by atoms with Crippen LogP contribution in [0.3, 0.4) is 0 Å². The molecule has 5 heteroatoms. The first kappa shape index (κ1) is 17.8. The van der Waals surface area contributed by atoms with Crippen molar-refractivity contribution >= 4 is 21.2 Å². The van der Waals surface area contributed by atoms with Gasteiger partial charge in [0, 0.05) is 5.39 Å². The predicted octanol–water partition coefficient (Wildman–Crippen LogP) is 4.71. The van der Waals surface area contributed by atoms with Gasteiger partial charge in [0.25, 0.3) is 0 Å². The second-order valence-electron chi connectivity index (χ2n) is 5.78. The van der Waals surface area contributed by atoms with E-state index in [-0.39, 0.29) is 5.75 Å². The van der Waals surface area contributed by atoms with Crippen LogP contribution in [0, 0.1) is 0 Å². The summed E-state index contributed by atoms with van der Waals surface area (Å²) < 4.78 is 36.8. The smallest absolute Gasteiger partial charge is 0.361 e. The molecular formula is C18H24O4S. The third-order valence-electron chi connectivity index (χ3n) is 3.97. The SMILES string of the molecule is CCCCc1cc2ccccc2c(OS(=O)(=O)O)c1CCCC. The highest BCUT2D eigenvalue weighted by Crippen LogP contribution is 2.35. The molecule has 0 aliphatic carbocycles. The van der Waals surface area contributed by atoms with E-state index in [0.29, 0.717) is 0 Å². The van der Waals surface area contributed by atoms with Crippen LogP contribution >= 0.6 is 0 Å². The maximum Gasteiger partial charge on any atom is 0.446 e. The Morgan fingerprint density at radius 2 is 1.70 bits per heavy atom. The van der Waals surface area contributed by atoms with Crippen LogP contribution in [0.25, 0.3) is 10.8 Å². The van der Waals surface area contributed by atoms with Gasteiger partial charge < -0.3 is 4.18 Å². The average molecular weight is 336 g/mol. The first-order chi connectivity index (χ1) is 11.0. The molecule has 2 aromatic carbocycles. The Kier molecular flexibility index (Phi) is 6.02. The zero-order chi connectivity index (χ0) is 16.9. The molecule has 0 saturated heterocycles. The first-order valence-corrected chi connectivity index (χ1v) is 9.53. The van der Waals surface area contributed by atoms with E-state index in [1.807, 2.05) is 24.3 Å². The minimum Gasteiger partial charge on any atom is -0.361 e. The molecule has 2 rings (SSSR count). The highest BCUT2D eigenvalue weighted by molar-refractivity contribution is 7.81. The number of fused-ring (bicyclic) bond motifs is 1. The summed E-state index contributed by atoms with van der Waals surface area (Å²) in [7, 11) is -4.55. The van der Waals surface area contributed by atoms with E-state index in [1.165, 1.54) is 0 Å². The van der Waals surface area contributed by atoms with E-state index in [1.54, 1.807) is 0 Å². The van der Waals surface area contributed by atoms with Crippen LogP contribution in [0.1, 0.15) is 50.7 Å². The molecule has 0 atom stereocenters. The Bertz CT molecular complexity index is 766. The van der Waals surface area contributed by atoms with Gasteiger partial charge in [0.2, 0.25) is 0 Å². The van der Waals surface area contributed by atoms with Gasteiger partial charge in [0.05, 0.1) is 0 Å². The number of hydrogen-bond acceptors (Lipinski definition) is 3.